The van der Waals surface area contributed by atoms with E-state index in [4.69, 9.17) is 23.4 Å². The van der Waals surface area contributed by atoms with Crippen LogP contribution in [0.1, 0.15) is 72.6 Å². The fourth-order valence-electron chi connectivity index (χ4n) is 3.84. The van der Waals surface area contributed by atoms with Gasteiger partial charge in [0.05, 0.1) is 18.8 Å². The van der Waals surface area contributed by atoms with Crippen LogP contribution in [0.2, 0.25) is 18.1 Å². The van der Waals surface area contributed by atoms with Crippen molar-refractivity contribution in [3.63, 3.8) is 0 Å². The van der Waals surface area contributed by atoms with Gasteiger partial charge in [-0.2, -0.15) is 0 Å². The van der Waals surface area contributed by atoms with Crippen LogP contribution in [0.15, 0.2) is 5.11 Å². The molecule has 0 aromatic heterocycles. The maximum absolute atomic E-state index is 11.0. The van der Waals surface area contributed by atoms with Gasteiger partial charge in [-0.25, -0.2) is 0 Å². The molecule has 34 heavy (non-hydrogen) atoms. The molecule has 0 saturated carbocycles. The monoisotopic (exact) mass is 503 g/mol. The standard InChI is InChI=1S/C24H49N3O6Si/c1-9-10-11-12-13-14-18(30-6)15-16-31-22-20(26-27-25)23(32-19(17-29-5)21(22)28)33-34(7,8)24(2,3)4/h18-23,28H,9-17H2,1-8H3/t18-,19-,20-,21-,22-,23+/m1/s1. The van der Waals surface area contributed by atoms with Crippen LogP contribution in [0.25, 0.3) is 10.4 Å². The van der Waals surface area contributed by atoms with Crippen LogP contribution in [0.4, 0.5) is 0 Å². The van der Waals surface area contributed by atoms with Crippen LogP contribution in [-0.4, -0.2) is 77.6 Å². The van der Waals surface area contributed by atoms with Crippen molar-refractivity contribution < 1.29 is 28.5 Å². The van der Waals surface area contributed by atoms with Crippen molar-refractivity contribution in [1.29, 1.82) is 0 Å². The third kappa shape index (κ3) is 9.74. The Hall–Kier alpha value is -0.713. The SMILES string of the molecule is CCCCCCC[C@H](CCO[C@H]1[C@H](O)[C@@H](COC)O[C@@H](O[Si](C)(C)C(C)(C)C)[C@@H]1N=[N+]=[N-])OC. The van der Waals surface area contributed by atoms with Crippen molar-refractivity contribution in [1.82, 2.24) is 0 Å². The number of unbranched alkanes of at least 4 members (excludes halogenated alkanes) is 4. The lowest BCUT2D eigenvalue weighted by molar-refractivity contribution is -0.253. The first-order chi connectivity index (χ1) is 16.0. The van der Waals surface area contributed by atoms with Gasteiger partial charge in [0.1, 0.15) is 18.2 Å². The van der Waals surface area contributed by atoms with Crippen molar-refractivity contribution in [2.45, 2.75) is 128 Å². The van der Waals surface area contributed by atoms with Crippen LogP contribution >= 0.6 is 0 Å². The summed E-state index contributed by atoms with van der Waals surface area (Å²) in [6.45, 7) is 13.4. The summed E-state index contributed by atoms with van der Waals surface area (Å²) in [7, 11) is 1.02. The summed E-state index contributed by atoms with van der Waals surface area (Å²) >= 11 is 0. The summed E-state index contributed by atoms with van der Waals surface area (Å²) in [5.74, 6) is 0. The number of aliphatic hydroxyl groups excluding tert-OH is 1. The van der Waals surface area contributed by atoms with Gasteiger partial charge in [-0.3, -0.25) is 0 Å². The second kappa shape index (κ2) is 15.4. The van der Waals surface area contributed by atoms with E-state index in [0.717, 1.165) is 12.8 Å². The zero-order chi connectivity index (χ0) is 25.8. The molecule has 9 nitrogen and oxygen atoms in total. The quantitative estimate of drug-likeness (QED) is 0.0968. The van der Waals surface area contributed by atoms with Crippen LogP contribution in [-0.2, 0) is 23.4 Å². The molecule has 0 unspecified atom stereocenters. The summed E-state index contributed by atoms with van der Waals surface area (Å²) in [5, 5.41) is 14.9. The number of rotatable bonds is 16. The maximum atomic E-state index is 11.0. The largest absolute Gasteiger partial charge is 0.392 e. The minimum Gasteiger partial charge on any atom is -0.392 e. The third-order valence-corrected chi connectivity index (χ3v) is 11.5. The van der Waals surface area contributed by atoms with Crippen molar-refractivity contribution in [2.75, 3.05) is 27.4 Å². The second-order valence-corrected chi connectivity index (χ2v) is 15.5. The minimum absolute atomic E-state index is 0.0662. The lowest BCUT2D eigenvalue weighted by atomic mass is 9.97. The zero-order valence-electron chi connectivity index (χ0n) is 22.7. The highest BCUT2D eigenvalue weighted by Crippen LogP contribution is 2.39. The molecule has 0 bridgehead atoms. The first-order valence-corrected chi connectivity index (χ1v) is 15.6. The highest BCUT2D eigenvalue weighted by molar-refractivity contribution is 6.74. The lowest BCUT2D eigenvalue weighted by Crippen LogP contribution is -2.62. The minimum atomic E-state index is -2.25. The predicted molar refractivity (Wildman–Crippen MR) is 136 cm³/mol. The van der Waals surface area contributed by atoms with Gasteiger partial charge in [-0.05, 0) is 36.5 Å². The molecule has 6 atom stereocenters. The highest BCUT2D eigenvalue weighted by Gasteiger charge is 2.50. The molecule has 0 amide bonds. The Morgan fingerprint density at radius 3 is 2.35 bits per heavy atom. The molecule has 0 aliphatic carbocycles. The van der Waals surface area contributed by atoms with Gasteiger partial charge < -0.3 is 28.5 Å². The van der Waals surface area contributed by atoms with Crippen LogP contribution in [0.3, 0.4) is 0 Å². The van der Waals surface area contributed by atoms with E-state index in [1.165, 1.54) is 25.7 Å². The van der Waals surface area contributed by atoms with E-state index in [1.54, 1.807) is 14.2 Å². The molecular formula is C24H49N3O6Si. The van der Waals surface area contributed by atoms with Gasteiger partial charge >= 0.3 is 0 Å². The predicted octanol–water partition coefficient (Wildman–Crippen LogP) is 5.57. The molecule has 0 radical (unpaired) electrons. The highest BCUT2D eigenvalue weighted by atomic mass is 28.4. The molecule has 1 aliphatic rings. The molecule has 1 saturated heterocycles. The van der Waals surface area contributed by atoms with E-state index in [1.807, 2.05) is 0 Å². The normalized spacial score (nSPS) is 26.8. The number of methoxy groups -OCH3 is 2. The summed E-state index contributed by atoms with van der Waals surface area (Å²) in [6.07, 6.45) is 4.60. The second-order valence-electron chi connectivity index (χ2n) is 10.7. The smallest absolute Gasteiger partial charge is 0.195 e. The topological polar surface area (TPSA) is 115 Å². The molecule has 0 aromatic carbocycles. The molecule has 1 N–H and O–H groups in total. The molecule has 0 spiro atoms. The fourth-order valence-corrected chi connectivity index (χ4v) is 4.97. The Morgan fingerprint density at radius 1 is 1.12 bits per heavy atom. The number of aliphatic hydroxyl groups is 1. The van der Waals surface area contributed by atoms with E-state index < -0.39 is 39.0 Å². The number of hydrogen-bond acceptors (Lipinski definition) is 7. The van der Waals surface area contributed by atoms with E-state index >= 15 is 0 Å². The van der Waals surface area contributed by atoms with Gasteiger partial charge in [-0.15, -0.1) is 0 Å². The number of azide groups is 1. The van der Waals surface area contributed by atoms with Crippen LogP contribution in [0, 0.1) is 0 Å². The molecule has 0 aromatic rings. The Bertz CT molecular complexity index is 612. The molecular weight excluding hydrogens is 454 g/mol. The Labute approximate surface area is 207 Å². The van der Waals surface area contributed by atoms with E-state index in [-0.39, 0.29) is 17.7 Å². The number of hydrogen-bond donors (Lipinski definition) is 1. The average molecular weight is 504 g/mol. The first kappa shape index (κ1) is 31.3. The van der Waals surface area contributed by atoms with Crippen LogP contribution < -0.4 is 0 Å². The molecule has 200 valence electrons. The number of ether oxygens (including phenoxy) is 4. The number of nitrogens with zero attached hydrogens (tertiary/aromatic N) is 3. The summed E-state index contributed by atoms with van der Waals surface area (Å²) in [5.41, 5.74) is 9.25. The van der Waals surface area contributed by atoms with Gasteiger partial charge in [-0.1, -0.05) is 64.9 Å². The van der Waals surface area contributed by atoms with Gasteiger partial charge in [0.2, 0.25) is 0 Å². The van der Waals surface area contributed by atoms with E-state index in [2.05, 4.69) is 50.8 Å². The maximum Gasteiger partial charge on any atom is 0.195 e. The zero-order valence-corrected chi connectivity index (χ0v) is 23.7. The first-order valence-electron chi connectivity index (χ1n) is 12.7. The Morgan fingerprint density at radius 2 is 1.79 bits per heavy atom. The summed E-state index contributed by atoms with van der Waals surface area (Å²) in [6, 6.07) is -0.808. The summed E-state index contributed by atoms with van der Waals surface area (Å²) in [4.78, 5) is 3.02. The Balaban J connectivity index is 2.89. The fraction of sp³-hybridized carbons (Fsp3) is 1.00. The molecule has 1 fully saturated rings. The van der Waals surface area contributed by atoms with Crippen molar-refractivity contribution in [3.8, 4) is 0 Å². The van der Waals surface area contributed by atoms with E-state index in [0.29, 0.717) is 13.0 Å². The third-order valence-electron chi connectivity index (χ3n) is 7.09. The van der Waals surface area contributed by atoms with Gasteiger partial charge in [0.25, 0.3) is 0 Å². The molecule has 1 rings (SSSR count). The van der Waals surface area contributed by atoms with E-state index in [9.17, 15) is 10.6 Å². The molecule has 1 heterocycles. The lowest BCUT2D eigenvalue weighted by Gasteiger charge is -2.47. The molecule has 10 heteroatoms. The molecule has 1 aliphatic heterocycles. The van der Waals surface area contributed by atoms with Crippen LogP contribution in [0.5, 0.6) is 0 Å². The Kier molecular flexibility index (Phi) is 14.2. The van der Waals surface area contributed by atoms with Gasteiger partial charge in [0.15, 0.2) is 14.6 Å². The van der Waals surface area contributed by atoms with Crippen molar-refractivity contribution >= 4 is 8.32 Å². The van der Waals surface area contributed by atoms with Crippen molar-refractivity contribution in [3.05, 3.63) is 10.4 Å². The van der Waals surface area contributed by atoms with Crippen molar-refractivity contribution in [2.24, 2.45) is 5.11 Å². The summed E-state index contributed by atoms with van der Waals surface area (Å²) < 4.78 is 29.6. The van der Waals surface area contributed by atoms with Gasteiger partial charge in [0, 0.05) is 25.7 Å². The average Bonchev–Trinajstić information content (AvgIpc) is 2.76.